The van der Waals surface area contributed by atoms with Gasteiger partial charge in [-0.05, 0) is 44.4 Å². The molecule has 16 heavy (non-hydrogen) atoms. The number of rotatable bonds is 2. The highest BCUT2D eigenvalue weighted by Crippen LogP contribution is 2.44. The van der Waals surface area contributed by atoms with Gasteiger partial charge in [0.25, 0.3) is 0 Å². The van der Waals surface area contributed by atoms with E-state index in [1.807, 2.05) is 11.3 Å². The van der Waals surface area contributed by atoms with Gasteiger partial charge >= 0.3 is 0 Å². The Bertz CT molecular complexity index is 377. The van der Waals surface area contributed by atoms with Gasteiger partial charge in [0, 0.05) is 4.88 Å². The van der Waals surface area contributed by atoms with Crippen molar-refractivity contribution in [3.63, 3.8) is 0 Å². The molecular formula is C13H20N2S. The highest BCUT2D eigenvalue weighted by molar-refractivity contribution is 7.12. The molecule has 1 saturated carbocycles. The normalized spacial score (nSPS) is 33.2. The maximum absolute atomic E-state index is 6.56. The smallest absolute Gasteiger partial charge is 0.113 e. The van der Waals surface area contributed by atoms with Crippen LogP contribution in [0.15, 0.2) is 0 Å². The van der Waals surface area contributed by atoms with Gasteiger partial charge in [-0.3, -0.25) is 0 Å². The van der Waals surface area contributed by atoms with Crippen molar-refractivity contribution in [3.05, 3.63) is 15.6 Å². The summed E-state index contributed by atoms with van der Waals surface area (Å²) in [6.07, 6.45) is 8.55. The van der Waals surface area contributed by atoms with Crippen LogP contribution in [0.1, 0.15) is 54.6 Å². The molecule has 3 heteroatoms. The summed E-state index contributed by atoms with van der Waals surface area (Å²) in [7, 11) is 0. The first kappa shape index (κ1) is 10.7. The Morgan fingerprint density at radius 2 is 2.38 bits per heavy atom. The molecule has 2 N–H and O–H groups in total. The third kappa shape index (κ3) is 1.61. The molecule has 1 aromatic heterocycles. The summed E-state index contributed by atoms with van der Waals surface area (Å²) < 4.78 is 0. The summed E-state index contributed by atoms with van der Waals surface area (Å²) in [5, 5.41) is 1.23. The quantitative estimate of drug-likeness (QED) is 0.857. The molecule has 0 amide bonds. The molecule has 88 valence electrons. The summed E-state index contributed by atoms with van der Waals surface area (Å²) in [5.41, 5.74) is 7.82. The van der Waals surface area contributed by atoms with Crippen LogP contribution >= 0.6 is 11.3 Å². The van der Waals surface area contributed by atoms with Crippen LogP contribution < -0.4 is 5.73 Å². The highest BCUT2D eigenvalue weighted by Gasteiger charge is 2.39. The Morgan fingerprint density at radius 1 is 1.50 bits per heavy atom. The topological polar surface area (TPSA) is 38.9 Å². The van der Waals surface area contributed by atoms with Crippen molar-refractivity contribution >= 4 is 11.3 Å². The lowest BCUT2D eigenvalue weighted by Gasteiger charge is -2.21. The molecule has 0 spiro atoms. The Kier molecular flexibility index (Phi) is 2.55. The standard InChI is InChI=1S/C13H20N2S/c1-2-9-6-7-13(14,8-9)12-15-10-4-3-5-11(10)16-12/h9H,2-8,14H2,1H3. The Labute approximate surface area is 101 Å². The minimum atomic E-state index is -0.0876. The van der Waals surface area contributed by atoms with Gasteiger partial charge < -0.3 is 5.73 Å². The summed E-state index contributed by atoms with van der Waals surface area (Å²) in [4.78, 5) is 6.32. The van der Waals surface area contributed by atoms with Gasteiger partial charge in [-0.2, -0.15) is 0 Å². The number of thiazole rings is 1. The number of nitrogens with zero attached hydrogens (tertiary/aromatic N) is 1. The second-order valence-corrected chi connectivity index (χ2v) is 6.50. The fraction of sp³-hybridized carbons (Fsp3) is 0.769. The summed E-state index contributed by atoms with van der Waals surface area (Å²) in [5.74, 6) is 0.823. The lowest BCUT2D eigenvalue weighted by Crippen LogP contribution is -2.33. The van der Waals surface area contributed by atoms with E-state index in [2.05, 4.69) is 6.92 Å². The average molecular weight is 236 g/mol. The molecule has 2 aliphatic rings. The van der Waals surface area contributed by atoms with Crippen molar-refractivity contribution in [2.75, 3.05) is 0 Å². The van der Waals surface area contributed by atoms with Crippen LogP contribution in [-0.2, 0) is 18.4 Å². The molecule has 0 aromatic carbocycles. The van der Waals surface area contributed by atoms with E-state index in [4.69, 9.17) is 10.7 Å². The highest BCUT2D eigenvalue weighted by atomic mass is 32.1. The Hall–Kier alpha value is -0.410. The molecule has 1 fully saturated rings. The molecule has 3 rings (SSSR count). The van der Waals surface area contributed by atoms with Gasteiger partial charge in [0.1, 0.15) is 5.01 Å². The minimum absolute atomic E-state index is 0.0876. The molecule has 1 heterocycles. The van der Waals surface area contributed by atoms with Crippen LogP contribution in [0.4, 0.5) is 0 Å². The van der Waals surface area contributed by atoms with Crippen molar-refractivity contribution in [2.24, 2.45) is 11.7 Å². The molecule has 0 radical (unpaired) electrons. The maximum Gasteiger partial charge on any atom is 0.113 e. The fourth-order valence-corrected chi connectivity index (χ4v) is 4.42. The zero-order valence-corrected chi connectivity index (χ0v) is 10.8. The van der Waals surface area contributed by atoms with Crippen molar-refractivity contribution in [3.8, 4) is 0 Å². The van der Waals surface area contributed by atoms with Gasteiger partial charge in [-0.1, -0.05) is 13.3 Å². The minimum Gasteiger partial charge on any atom is -0.319 e. The molecule has 2 atom stereocenters. The van der Waals surface area contributed by atoms with Crippen molar-refractivity contribution < 1.29 is 0 Å². The zero-order chi connectivity index (χ0) is 11.2. The van der Waals surface area contributed by atoms with E-state index >= 15 is 0 Å². The third-order valence-corrected chi connectivity index (χ3v) is 5.63. The first-order valence-corrected chi connectivity index (χ1v) is 7.31. The van der Waals surface area contributed by atoms with Crippen LogP contribution in [-0.4, -0.2) is 4.98 Å². The van der Waals surface area contributed by atoms with E-state index in [0.29, 0.717) is 0 Å². The molecule has 0 saturated heterocycles. The largest absolute Gasteiger partial charge is 0.319 e. The van der Waals surface area contributed by atoms with E-state index < -0.39 is 0 Å². The van der Waals surface area contributed by atoms with Gasteiger partial charge in [-0.15, -0.1) is 11.3 Å². The van der Waals surface area contributed by atoms with Crippen molar-refractivity contribution in [1.29, 1.82) is 0 Å². The molecule has 2 unspecified atom stereocenters. The van der Waals surface area contributed by atoms with E-state index in [0.717, 1.165) is 18.8 Å². The molecule has 0 bridgehead atoms. The van der Waals surface area contributed by atoms with E-state index in [-0.39, 0.29) is 5.54 Å². The lowest BCUT2D eigenvalue weighted by molar-refractivity contribution is 0.422. The lowest BCUT2D eigenvalue weighted by atomic mass is 9.97. The van der Waals surface area contributed by atoms with E-state index in [1.165, 1.54) is 47.7 Å². The molecular weight excluding hydrogens is 216 g/mol. The first-order chi connectivity index (χ1) is 7.71. The predicted molar refractivity (Wildman–Crippen MR) is 67.6 cm³/mol. The summed E-state index contributed by atoms with van der Waals surface area (Å²) in [6, 6.07) is 0. The number of hydrogen-bond acceptors (Lipinski definition) is 3. The maximum atomic E-state index is 6.56. The Balaban J connectivity index is 1.86. The van der Waals surface area contributed by atoms with E-state index in [1.54, 1.807) is 0 Å². The van der Waals surface area contributed by atoms with Crippen LogP contribution in [0.3, 0.4) is 0 Å². The van der Waals surface area contributed by atoms with Crippen LogP contribution in [0.25, 0.3) is 0 Å². The average Bonchev–Trinajstić information content (AvgIpc) is 2.89. The first-order valence-electron chi connectivity index (χ1n) is 6.49. The van der Waals surface area contributed by atoms with Crippen molar-refractivity contribution in [2.45, 2.75) is 57.4 Å². The number of nitrogens with two attached hydrogens (primary N) is 1. The SMILES string of the molecule is CCC1CCC(N)(c2nc3c(s2)CCC3)C1. The summed E-state index contributed by atoms with van der Waals surface area (Å²) >= 11 is 1.89. The molecule has 2 nitrogen and oxygen atoms in total. The fourth-order valence-electron chi connectivity index (χ4n) is 3.13. The number of aryl methyl sites for hydroxylation is 2. The van der Waals surface area contributed by atoms with Crippen LogP contribution in [0.5, 0.6) is 0 Å². The number of hydrogen-bond donors (Lipinski definition) is 1. The van der Waals surface area contributed by atoms with Crippen molar-refractivity contribution in [1.82, 2.24) is 4.98 Å². The third-order valence-electron chi connectivity index (χ3n) is 4.25. The molecule has 2 aliphatic carbocycles. The second-order valence-electron chi connectivity index (χ2n) is 5.42. The molecule has 0 aliphatic heterocycles. The summed E-state index contributed by atoms with van der Waals surface area (Å²) in [6.45, 7) is 2.28. The van der Waals surface area contributed by atoms with E-state index in [9.17, 15) is 0 Å². The van der Waals surface area contributed by atoms with Gasteiger partial charge in [0.15, 0.2) is 0 Å². The second kappa shape index (κ2) is 3.81. The monoisotopic (exact) mass is 236 g/mol. The number of fused-ring (bicyclic) bond motifs is 1. The predicted octanol–water partition coefficient (Wildman–Crippen LogP) is 3.00. The van der Waals surface area contributed by atoms with Gasteiger partial charge in [0.05, 0.1) is 11.2 Å². The Morgan fingerprint density at radius 3 is 3.06 bits per heavy atom. The number of aromatic nitrogens is 1. The van der Waals surface area contributed by atoms with Gasteiger partial charge in [0.2, 0.25) is 0 Å². The van der Waals surface area contributed by atoms with Crippen LogP contribution in [0.2, 0.25) is 0 Å². The van der Waals surface area contributed by atoms with Crippen LogP contribution in [0, 0.1) is 5.92 Å². The van der Waals surface area contributed by atoms with Gasteiger partial charge in [-0.25, -0.2) is 4.98 Å². The molecule has 1 aromatic rings. The zero-order valence-electron chi connectivity index (χ0n) is 9.96.